The van der Waals surface area contributed by atoms with Crippen LogP contribution in [0.5, 0.6) is 0 Å². The van der Waals surface area contributed by atoms with Crippen LogP contribution in [0.2, 0.25) is 0 Å². The molecular formula is C11H11F3O. The Hall–Kier alpha value is -1.03. The van der Waals surface area contributed by atoms with E-state index in [4.69, 9.17) is 5.11 Å². The second-order valence-electron chi connectivity index (χ2n) is 4.02. The van der Waals surface area contributed by atoms with Gasteiger partial charge in [0.15, 0.2) is 0 Å². The molecule has 1 nitrogen and oxygen atoms in total. The number of hydrogen-bond acceptors (Lipinski definition) is 1. The van der Waals surface area contributed by atoms with Gasteiger partial charge < -0.3 is 5.11 Å². The topological polar surface area (TPSA) is 20.2 Å². The van der Waals surface area contributed by atoms with Gasteiger partial charge in [0, 0.05) is 5.41 Å². The summed E-state index contributed by atoms with van der Waals surface area (Å²) in [6.45, 7) is -0.0751. The number of halogens is 3. The summed E-state index contributed by atoms with van der Waals surface area (Å²) < 4.78 is 37.3. The Kier molecular flexibility index (Phi) is 2.26. The van der Waals surface area contributed by atoms with E-state index in [1.165, 1.54) is 6.07 Å². The van der Waals surface area contributed by atoms with Gasteiger partial charge in [0.2, 0.25) is 0 Å². The van der Waals surface area contributed by atoms with Gasteiger partial charge in [-0.2, -0.15) is 13.2 Å². The summed E-state index contributed by atoms with van der Waals surface area (Å²) in [4.78, 5) is 0. The van der Waals surface area contributed by atoms with Crippen LogP contribution in [0.4, 0.5) is 13.2 Å². The molecule has 0 amide bonds. The zero-order valence-corrected chi connectivity index (χ0v) is 8.01. The van der Waals surface area contributed by atoms with Crippen molar-refractivity contribution >= 4 is 0 Å². The van der Waals surface area contributed by atoms with Gasteiger partial charge in [-0.05, 0) is 24.5 Å². The summed E-state index contributed by atoms with van der Waals surface area (Å²) in [5.74, 6) is 0. The maximum Gasteiger partial charge on any atom is 0.416 e. The minimum Gasteiger partial charge on any atom is -0.395 e. The van der Waals surface area contributed by atoms with E-state index in [1.54, 1.807) is 6.07 Å². The van der Waals surface area contributed by atoms with Gasteiger partial charge in [-0.1, -0.05) is 18.2 Å². The first kappa shape index (κ1) is 10.5. The third-order valence-electron chi connectivity index (χ3n) is 2.96. The lowest BCUT2D eigenvalue weighted by Crippen LogP contribution is -2.14. The maximum atomic E-state index is 12.4. The van der Waals surface area contributed by atoms with E-state index < -0.39 is 17.2 Å². The average molecular weight is 216 g/mol. The van der Waals surface area contributed by atoms with Crippen molar-refractivity contribution in [3.63, 3.8) is 0 Å². The Bertz CT molecular complexity index is 366. The summed E-state index contributed by atoms with van der Waals surface area (Å²) in [6.07, 6.45) is -2.77. The summed E-state index contributed by atoms with van der Waals surface area (Å²) in [5.41, 5.74) is -0.444. The predicted octanol–water partition coefficient (Wildman–Crippen LogP) is 2.73. The highest BCUT2D eigenvalue weighted by Crippen LogP contribution is 2.48. The number of hydrogen-bond donors (Lipinski definition) is 1. The van der Waals surface area contributed by atoms with Gasteiger partial charge in [0.25, 0.3) is 0 Å². The fourth-order valence-electron chi connectivity index (χ4n) is 1.71. The van der Waals surface area contributed by atoms with Gasteiger partial charge in [-0.15, -0.1) is 0 Å². The zero-order chi connectivity index (χ0) is 11.1. The molecule has 82 valence electrons. The molecule has 0 heterocycles. The van der Waals surface area contributed by atoms with Gasteiger partial charge in [-0.3, -0.25) is 0 Å². The minimum atomic E-state index is -4.30. The third-order valence-corrected chi connectivity index (χ3v) is 2.96. The standard InChI is InChI=1S/C11H11F3O/c12-11(13,14)9-3-1-2-8(6-9)10(7-15)4-5-10/h1-3,6,15H,4-5,7H2. The van der Waals surface area contributed by atoms with Crippen molar-refractivity contribution in [3.8, 4) is 0 Å². The molecule has 1 aliphatic carbocycles. The van der Waals surface area contributed by atoms with Gasteiger partial charge in [-0.25, -0.2) is 0 Å². The summed E-state index contributed by atoms with van der Waals surface area (Å²) >= 11 is 0. The second kappa shape index (κ2) is 3.23. The van der Waals surface area contributed by atoms with Crippen LogP contribution in [0.15, 0.2) is 24.3 Å². The lowest BCUT2D eigenvalue weighted by molar-refractivity contribution is -0.137. The fourth-order valence-corrected chi connectivity index (χ4v) is 1.71. The first-order valence-electron chi connectivity index (χ1n) is 4.77. The van der Waals surface area contributed by atoms with Gasteiger partial charge >= 0.3 is 6.18 Å². The molecule has 2 rings (SSSR count). The molecule has 1 saturated carbocycles. The van der Waals surface area contributed by atoms with E-state index in [0.717, 1.165) is 25.0 Å². The molecule has 0 spiro atoms. The maximum absolute atomic E-state index is 12.4. The van der Waals surface area contributed by atoms with Crippen LogP contribution in [-0.2, 0) is 11.6 Å². The van der Waals surface area contributed by atoms with Crippen molar-refractivity contribution in [2.45, 2.75) is 24.4 Å². The third kappa shape index (κ3) is 1.86. The van der Waals surface area contributed by atoms with Crippen molar-refractivity contribution < 1.29 is 18.3 Å². The summed E-state index contributed by atoms with van der Waals surface area (Å²) in [5, 5.41) is 9.12. The molecule has 0 aromatic heterocycles. The van der Waals surface area contributed by atoms with E-state index >= 15 is 0 Å². The van der Waals surface area contributed by atoms with E-state index in [1.807, 2.05) is 0 Å². The van der Waals surface area contributed by atoms with Gasteiger partial charge in [0.1, 0.15) is 0 Å². The lowest BCUT2D eigenvalue weighted by atomic mass is 9.95. The molecule has 1 aliphatic rings. The smallest absolute Gasteiger partial charge is 0.395 e. The lowest BCUT2D eigenvalue weighted by Gasteiger charge is -2.14. The Labute approximate surface area is 85.5 Å². The first-order valence-corrected chi connectivity index (χ1v) is 4.77. The number of aliphatic hydroxyl groups excluding tert-OH is 1. The molecule has 0 saturated heterocycles. The van der Waals surface area contributed by atoms with Crippen molar-refractivity contribution in [1.29, 1.82) is 0 Å². The molecule has 4 heteroatoms. The Morgan fingerprint density at radius 1 is 1.27 bits per heavy atom. The van der Waals surface area contributed by atoms with Crippen LogP contribution < -0.4 is 0 Å². The van der Waals surface area contributed by atoms with E-state index in [9.17, 15) is 13.2 Å². The van der Waals surface area contributed by atoms with Crippen LogP contribution in [0.3, 0.4) is 0 Å². The summed E-state index contributed by atoms with van der Waals surface area (Å²) in [7, 11) is 0. The van der Waals surface area contributed by atoms with Gasteiger partial charge in [0.05, 0.1) is 12.2 Å². The number of benzene rings is 1. The Balaban J connectivity index is 2.35. The SMILES string of the molecule is OCC1(c2cccc(C(F)(F)F)c2)CC1. The van der Waals surface area contributed by atoms with Crippen LogP contribution in [-0.4, -0.2) is 11.7 Å². The molecule has 0 aliphatic heterocycles. The van der Waals surface area contributed by atoms with Crippen LogP contribution >= 0.6 is 0 Å². The normalized spacial score (nSPS) is 18.9. The molecule has 1 aromatic rings. The van der Waals surface area contributed by atoms with E-state index in [0.29, 0.717) is 5.56 Å². The Morgan fingerprint density at radius 3 is 2.40 bits per heavy atom. The summed E-state index contributed by atoms with van der Waals surface area (Å²) in [6, 6.07) is 5.24. The monoisotopic (exact) mass is 216 g/mol. The molecule has 0 atom stereocenters. The number of rotatable bonds is 2. The van der Waals surface area contributed by atoms with Crippen LogP contribution in [0.1, 0.15) is 24.0 Å². The Morgan fingerprint density at radius 2 is 1.93 bits per heavy atom. The van der Waals surface area contributed by atoms with Crippen molar-refractivity contribution in [2.75, 3.05) is 6.61 Å². The second-order valence-corrected chi connectivity index (χ2v) is 4.02. The minimum absolute atomic E-state index is 0.0751. The molecule has 15 heavy (non-hydrogen) atoms. The highest BCUT2D eigenvalue weighted by atomic mass is 19.4. The van der Waals surface area contributed by atoms with Crippen LogP contribution in [0, 0.1) is 0 Å². The highest BCUT2D eigenvalue weighted by Gasteiger charge is 2.44. The fraction of sp³-hybridized carbons (Fsp3) is 0.455. The first-order chi connectivity index (χ1) is 6.98. The quantitative estimate of drug-likeness (QED) is 0.805. The molecule has 1 fully saturated rings. The van der Waals surface area contributed by atoms with E-state index in [-0.39, 0.29) is 6.61 Å². The van der Waals surface area contributed by atoms with Crippen molar-refractivity contribution in [3.05, 3.63) is 35.4 Å². The largest absolute Gasteiger partial charge is 0.416 e. The molecule has 0 bridgehead atoms. The highest BCUT2D eigenvalue weighted by molar-refractivity contribution is 5.35. The molecule has 0 unspecified atom stereocenters. The molecule has 1 aromatic carbocycles. The van der Waals surface area contributed by atoms with Crippen LogP contribution in [0.25, 0.3) is 0 Å². The molecular weight excluding hydrogens is 205 g/mol. The molecule has 0 radical (unpaired) electrons. The predicted molar refractivity (Wildman–Crippen MR) is 49.4 cm³/mol. The van der Waals surface area contributed by atoms with Crippen molar-refractivity contribution in [1.82, 2.24) is 0 Å². The molecule has 1 N–H and O–H groups in total. The number of alkyl halides is 3. The zero-order valence-electron chi connectivity index (χ0n) is 8.01. The average Bonchev–Trinajstić information content (AvgIpc) is 2.97. The number of aliphatic hydroxyl groups is 1. The van der Waals surface area contributed by atoms with Crippen molar-refractivity contribution in [2.24, 2.45) is 0 Å². The van der Waals surface area contributed by atoms with E-state index in [2.05, 4.69) is 0 Å².